The Kier molecular flexibility index (Phi) is 2.31. The third kappa shape index (κ3) is 2.37. The van der Waals surface area contributed by atoms with Crippen molar-refractivity contribution in [2.24, 2.45) is 5.73 Å². The summed E-state index contributed by atoms with van der Waals surface area (Å²) < 4.78 is 0. The maximum Gasteiger partial charge on any atom is 0.0612 e. The van der Waals surface area contributed by atoms with E-state index in [4.69, 9.17) is 10.8 Å². The fraction of sp³-hybridized carbons (Fsp3) is 0.500. The predicted molar refractivity (Wildman–Crippen MR) is 44.2 cm³/mol. The van der Waals surface area contributed by atoms with Crippen molar-refractivity contribution in [1.29, 1.82) is 0 Å². The summed E-state index contributed by atoms with van der Waals surface area (Å²) in [4.78, 5) is 3.04. The summed E-state index contributed by atoms with van der Waals surface area (Å²) in [6.07, 6.45) is 2.53. The molecule has 0 fully saturated rings. The maximum atomic E-state index is 8.85. The molecule has 0 aromatic carbocycles. The number of rotatable bonds is 3. The Morgan fingerprint density at radius 3 is 2.91 bits per heavy atom. The number of nitrogens with one attached hydrogen (secondary N) is 1. The van der Waals surface area contributed by atoms with Crippen LogP contribution in [0.3, 0.4) is 0 Å². The van der Waals surface area contributed by atoms with Gasteiger partial charge >= 0.3 is 0 Å². The number of aromatic nitrogens is 1. The molecule has 1 rings (SSSR count). The zero-order valence-electron chi connectivity index (χ0n) is 6.67. The molecule has 3 nitrogen and oxygen atoms in total. The van der Waals surface area contributed by atoms with Crippen LogP contribution in [0.5, 0.6) is 0 Å². The van der Waals surface area contributed by atoms with Crippen molar-refractivity contribution in [2.75, 3.05) is 6.61 Å². The molecule has 0 amide bonds. The van der Waals surface area contributed by atoms with E-state index in [-0.39, 0.29) is 6.61 Å². The molecular weight excluding hydrogens is 140 g/mol. The first-order valence-electron chi connectivity index (χ1n) is 3.66. The van der Waals surface area contributed by atoms with Gasteiger partial charge in [0.25, 0.3) is 0 Å². The Morgan fingerprint density at radius 2 is 2.45 bits per heavy atom. The zero-order valence-corrected chi connectivity index (χ0v) is 6.67. The highest BCUT2D eigenvalue weighted by Crippen LogP contribution is 2.07. The average molecular weight is 154 g/mol. The lowest BCUT2D eigenvalue weighted by Gasteiger charge is -2.20. The van der Waals surface area contributed by atoms with Gasteiger partial charge in [-0.25, -0.2) is 0 Å². The quantitative estimate of drug-likeness (QED) is 0.585. The van der Waals surface area contributed by atoms with Crippen molar-refractivity contribution in [3.8, 4) is 0 Å². The van der Waals surface area contributed by atoms with Crippen molar-refractivity contribution in [2.45, 2.75) is 18.9 Å². The third-order valence-electron chi connectivity index (χ3n) is 1.62. The average Bonchev–Trinajstić information content (AvgIpc) is 2.39. The van der Waals surface area contributed by atoms with Crippen LogP contribution >= 0.6 is 0 Å². The second-order valence-corrected chi connectivity index (χ2v) is 3.18. The maximum absolute atomic E-state index is 8.85. The van der Waals surface area contributed by atoms with Gasteiger partial charge in [-0.2, -0.15) is 0 Å². The van der Waals surface area contributed by atoms with Gasteiger partial charge in [-0.15, -0.1) is 0 Å². The lowest BCUT2D eigenvalue weighted by atomic mass is 9.99. The Balaban J connectivity index is 2.56. The van der Waals surface area contributed by atoms with Gasteiger partial charge in [0, 0.05) is 23.9 Å². The lowest BCUT2D eigenvalue weighted by Crippen LogP contribution is -2.42. The molecule has 1 atom stereocenters. The number of aromatic amines is 1. The molecule has 0 bridgehead atoms. The van der Waals surface area contributed by atoms with E-state index < -0.39 is 5.54 Å². The van der Waals surface area contributed by atoms with Crippen LogP contribution in [0.2, 0.25) is 0 Å². The standard InChI is InChI=1S/C8H14N2O/c1-8(9,6-11)5-7-3-2-4-10-7/h2-4,10-11H,5-6,9H2,1H3. The fourth-order valence-corrected chi connectivity index (χ4v) is 0.968. The predicted octanol–water partition coefficient (Wildman–Crippen LogP) is 0.267. The van der Waals surface area contributed by atoms with Crippen molar-refractivity contribution in [1.82, 2.24) is 4.98 Å². The molecule has 0 aliphatic carbocycles. The van der Waals surface area contributed by atoms with Gasteiger partial charge < -0.3 is 15.8 Å². The first-order valence-corrected chi connectivity index (χ1v) is 3.66. The van der Waals surface area contributed by atoms with Crippen LogP contribution in [0, 0.1) is 0 Å². The Bertz CT molecular complexity index is 204. The number of hydrogen-bond donors (Lipinski definition) is 3. The SMILES string of the molecule is CC(N)(CO)Cc1ccc[nH]1. The van der Waals surface area contributed by atoms with Crippen LogP contribution in [-0.4, -0.2) is 22.2 Å². The molecule has 0 aliphatic rings. The molecule has 4 N–H and O–H groups in total. The van der Waals surface area contributed by atoms with E-state index in [0.29, 0.717) is 6.42 Å². The van der Waals surface area contributed by atoms with Gasteiger partial charge in [0.05, 0.1) is 6.61 Å². The molecule has 0 radical (unpaired) electrons. The molecule has 11 heavy (non-hydrogen) atoms. The van der Waals surface area contributed by atoms with Crippen LogP contribution in [0.15, 0.2) is 18.3 Å². The summed E-state index contributed by atoms with van der Waals surface area (Å²) in [7, 11) is 0. The summed E-state index contributed by atoms with van der Waals surface area (Å²) in [6.45, 7) is 1.83. The van der Waals surface area contributed by atoms with E-state index in [1.54, 1.807) is 0 Å². The molecule has 0 saturated heterocycles. The molecular formula is C8H14N2O. The summed E-state index contributed by atoms with van der Waals surface area (Å²) in [5, 5.41) is 8.85. The number of aliphatic hydroxyl groups is 1. The van der Waals surface area contributed by atoms with Crippen LogP contribution in [-0.2, 0) is 6.42 Å². The topological polar surface area (TPSA) is 62.0 Å². The third-order valence-corrected chi connectivity index (χ3v) is 1.62. The second-order valence-electron chi connectivity index (χ2n) is 3.18. The van der Waals surface area contributed by atoms with Crippen LogP contribution < -0.4 is 5.73 Å². The molecule has 0 spiro atoms. The molecule has 0 saturated carbocycles. The molecule has 0 aliphatic heterocycles. The van der Waals surface area contributed by atoms with Gasteiger partial charge in [-0.3, -0.25) is 0 Å². The minimum Gasteiger partial charge on any atom is -0.394 e. The van der Waals surface area contributed by atoms with E-state index >= 15 is 0 Å². The summed E-state index contributed by atoms with van der Waals surface area (Å²) in [5.41, 5.74) is 6.29. The molecule has 1 aromatic heterocycles. The highest BCUT2D eigenvalue weighted by molar-refractivity contribution is 5.07. The van der Waals surface area contributed by atoms with Crippen molar-refractivity contribution >= 4 is 0 Å². The smallest absolute Gasteiger partial charge is 0.0612 e. The first-order chi connectivity index (χ1) is 5.14. The van der Waals surface area contributed by atoms with Crippen LogP contribution in [0.1, 0.15) is 12.6 Å². The monoisotopic (exact) mass is 154 g/mol. The first kappa shape index (κ1) is 8.30. The molecule has 62 valence electrons. The van der Waals surface area contributed by atoms with Crippen molar-refractivity contribution in [3.63, 3.8) is 0 Å². The minimum atomic E-state index is -0.509. The Labute approximate surface area is 66.2 Å². The van der Waals surface area contributed by atoms with Gasteiger partial charge in [-0.1, -0.05) is 0 Å². The van der Waals surface area contributed by atoms with E-state index in [2.05, 4.69) is 4.98 Å². The zero-order chi connectivity index (χ0) is 8.32. The second kappa shape index (κ2) is 3.07. The van der Waals surface area contributed by atoms with Gasteiger partial charge in [0.15, 0.2) is 0 Å². The molecule has 1 heterocycles. The largest absolute Gasteiger partial charge is 0.394 e. The number of H-pyrrole nitrogens is 1. The summed E-state index contributed by atoms with van der Waals surface area (Å²) >= 11 is 0. The minimum absolute atomic E-state index is 0.00597. The number of aliphatic hydroxyl groups excluding tert-OH is 1. The van der Waals surface area contributed by atoms with E-state index in [0.717, 1.165) is 5.69 Å². The highest BCUT2D eigenvalue weighted by atomic mass is 16.3. The summed E-state index contributed by atoms with van der Waals surface area (Å²) in [6, 6.07) is 3.88. The van der Waals surface area contributed by atoms with Crippen LogP contribution in [0.4, 0.5) is 0 Å². The Hall–Kier alpha value is -0.800. The van der Waals surface area contributed by atoms with E-state index in [1.807, 2.05) is 25.3 Å². The van der Waals surface area contributed by atoms with Gasteiger partial charge in [-0.05, 0) is 19.1 Å². The van der Waals surface area contributed by atoms with Crippen molar-refractivity contribution < 1.29 is 5.11 Å². The normalized spacial score (nSPS) is 16.3. The van der Waals surface area contributed by atoms with Crippen molar-refractivity contribution in [3.05, 3.63) is 24.0 Å². The van der Waals surface area contributed by atoms with Gasteiger partial charge in [0.1, 0.15) is 0 Å². The fourth-order valence-electron chi connectivity index (χ4n) is 0.968. The van der Waals surface area contributed by atoms with Gasteiger partial charge in [0.2, 0.25) is 0 Å². The summed E-state index contributed by atoms with van der Waals surface area (Å²) in [5.74, 6) is 0. The molecule has 1 unspecified atom stereocenters. The van der Waals surface area contributed by atoms with Crippen LogP contribution in [0.25, 0.3) is 0 Å². The molecule has 3 heteroatoms. The highest BCUT2D eigenvalue weighted by Gasteiger charge is 2.17. The Morgan fingerprint density at radius 1 is 1.73 bits per heavy atom. The van der Waals surface area contributed by atoms with E-state index in [9.17, 15) is 0 Å². The lowest BCUT2D eigenvalue weighted by molar-refractivity contribution is 0.207. The molecule has 1 aromatic rings. The number of nitrogens with two attached hydrogens (primary N) is 1. The number of hydrogen-bond acceptors (Lipinski definition) is 2. The van der Waals surface area contributed by atoms with E-state index in [1.165, 1.54) is 0 Å².